The monoisotopic (exact) mass is 258 g/mol. The first-order valence-corrected chi connectivity index (χ1v) is 6.69. The van der Waals surface area contributed by atoms with Crippen molar-refractivity contribution in [1.29, 1.82) is 0 Å². The van der Waals surface area contributed by atoms with Crippen molar-refractivity contribution in [2.24, 2.45) is 11.7 Å². The predicted molar refractivity (Wildman–Crippen MR) is 70.2 cm³/mol. The maximum absolute atomic E-state index is 11.9. The summed E-state index contributed by atoms with van der Waals surface area (Å²) in [6.07, 6.45) is 2.09. The Morgan fingerprint density at radius 1 is 1.33 bits per heavy atom. The molecule has 5 nitrogen and oxygen atoms in total. The highest BCUT2D eigenvalue weighted by Gasteiger charge is 2.26. The molecule has 1 aliphatic heterocycles. The molecule has 18 heavy (non-hydrogen) atoms. The number of carbonyl (C=O) groups excluding carboxylic acids is 1. The molecular weight excluding hydrogens is 232 g/mol. The number of methoxy groups -OCH3 is 1. The van der Waals surface area contributed by atoms with E-state index in [0.717, 1.165) is 32.5 Å². The molecule has 0 aromatic carbocycles. The van der Waals surface area contributed by atoms with E-state index in [1.54, 1.807) is 7.11 Å². The lowest BCUT2D eigenvalue weighted by atomic mass is 10.1. The Kier molecular flexibility index (Phi) is 6.60. The molecule has 1 atom stereocenters. The second-order valence-electron chi connectivity index (χ2n) is 5.31. The van der Waals surface area contributed by atoms with Crippen LogP contribution in [-0.2, 0) is 14.3 Å². The third kappa shape index (κ3) is 4.92. The molecule has 0 saturated carbocycles. The summed E-state index contributed by atoms with van der Waals surface area (Å²) in [6, 6.07) is -0.539. The van der Waals surface area contributed by atoms with E-state index in [2.05, 4.69) is 13.8 Å². The molecule has 106 valence electrons. The zero-order chi connectivity index (χ0) is 13.5. The van der Waals surface area contributed by atoms with Crippen molar-refractivity contribution in [1.82, 2.24) is 4.90 Å². The average Bonchev–Trinajstić information content (AvgIpc) is 2.36. The molecule has 1 aliphatic rings. The second-order valence-corrected chi connectivity index (χ2v) is 5.31. The summed E-state index contributed by atoms with van der Waals surface area (Å²) in [7, 11) is 1.55. The number of piperidine rings is 1. The molecule has 1 heterocycles. The van der Waals surface area contributed by atoms with Crippen LogP contribution in [0.5, 0.6) is 0 Å². The van der Waals surface area contributed by atoms with Crippen LogP contribution in [0.2, 0.25) is 0 Å². The number of rotatable bonds is 6. The smallest absolute Gasteiger partial charge is 0.241 e. The van der Waals surface area contributed by atoms with Crippen molar-refractivity contribution in [3.63, 3.8) is 0 Å². The normalized spacial score (nSPS) is 19.3. The lowest BCUT2D eigenvalue weighted by Crippen LogP contribution is -2.49. The molecule has 1 fully saturated rings. The number of ether oxygens (including phenoxy) is 2. The van der Waals surface area contributed by atoms with Crippen LogP contribution in [0.1, 0.15) is 26.7 Å². The van der Waals surface area contributed by atoms with Gasteiger partial charge in [-0.15, -0.1) is 0 Å². The third-order valence-corrected chi connectivity index (χ3v) is 3.08. The fourth-order valence-corrected chi connectivity index (χ4v) is 2.06. The summed E-state index contributed by atoms with van der Waals surface area (Å²) >= 11 is 0. The highest BCUT2D eigenvalue weighted by Crippen LogP contribution is 2.15. The van der Waals surface area contributed by atoms with E-state index < -0.39 is 6.04 Å². The number of nitrogens with zero attached hydrogens (tertiary/aromatic N) is 1. The maximum Gasteiger partial charge on any atom is 0.241 e. The van der Waals surface area contributed by atoms with Gasteiger partial charge in [0, 0.05) is 26.8 Å². The summed E-state index contributed by atoms with van der Waals surface area (Å²) in [4.78, 5) is 13.8. The van der Waals surface area contributed by atoms with Crippen LogP contribution < -0.4 is 5.73 Å². The fourth-order valence-electron chi connectivity index (χ4n) is 2.06. The van der Waals surface area contributed by atoms with Gasteiger partial charge < -0.3 is 20.1 Å². The zero-order valence-electron chi connectivity index (χ0n) is 11.7. The zero-order valence-corrected chi connectivity index (χ0v) is 11.7. The van der Waals surface area contributed by atoms with Gasteiger partial charge in [-0.1, -0.05) is 13.8 Å². The van der Waals surface area contributed by atoms with Crippen LogP contribution in [0.25, 0.3) is 0 Å². The Labute approximate surface area is 110 Å². The van der Waals surface area contributed by atoms with Gasteiger partial charge in [0.25, 0.3) is 0 Å². The van der Waals surface area contributed by atoms with Crippen molar-refractivity contribution in [2.45, 2.75) is 38.8 Å². The standard InChI is InChI=1S/C13H26N2O3/c1-10(2)8-18-11-4-6-15(7-5-11)13(16)12(14)9-17-3/h10-12H,4-9,14H2,1-3H3. The van der Waals surface area contributed by atoms with Gasteiger partial charge >= 0.3 is 0 Å². The molecular formula is C13H26N2O3. The maximum atomic E-state index is 11.9. The van der Waals surface area contributed by atoms with E-state index >= 15 is 0 Å². The van der Waals surface area contributed by atoms with E-state index in [-0.39, 0.29) is 18.6 Å². The third-order valence-electron chi connectivity index (χ3n) is 3.08. The molecule has 0 aliphatic carbocycles. The van der Waals surface area contributed by atoms with E-state index in [1.165, 1.54) is 0 Å². The van der Waals surface area contributed by atoms with E-state index in [1.807, 2.05) is 4.90 Å². The first-order chi connectivity index (χ1) is 8.54. The molecule has 0 spiro atoms. The summed E-state index contributed by atoms with van der Waals surface area (Å²) in [5.41, 5.74) is 5.74. The number of amides is 1. The van der Waals surface area contributed by atoms with Gasteiger partial charge in [0.2, 0.25) is 5.91 Å². The Morgan fingerprint density at radius 2 is 1.94 bits per heavy atom. The predicted octanol–water partition coefficient (Wildman–Crippen LogP) is 0.624. The van der Waals surface area contributed by atoms with Crippen LogP contribution in [-0.4, -0.2) is 56.4 Å². The van der Waals surface area contributed by atoms with Gasteiger partial charge in [0.15, 0.2) is 0 Å². The number of likely N-dealkylation sites (tertiary alicyclic amines) is 1. The number of carbonyl (C=O) groups is 1. The van der Waals surface area contributed by atoms with Crippen LogP contribution in [0.3, 0.4) is 0 Å². The average molecular weight is 258 g/mol. The van der Waals surface area contributed by atoms with Crippen molar-refractivity contribution in [2.75, 3.05) is 33.4 Å². The van der Waals surface area contributed by atoms with E-state index in [4.69, 9.17) is 15.2 Å². The molecule has 0 aromatic heterocycles. The summed E-state index contributed by atoms with van der Waals surface area (Å²) in [5.74, 6) is 0.541. The first-order valence-electron chi connectivity index (χ1n) is 6.69. The molecule has 1 amide bonds. The summed E-state index contributed by atoms with van der Waals surface area (Å²) in [5, 5.41) is 0. The molecule has 1 unspecified atom stereocenters. The van der Waals surface area contributed by atoms with Gasteiger partial charge in [0.05, 0.1) is 12.7 Å². The Balaban J connectivity index is 2.28. The largest absolute Gasteiger partial charge is 0.383 e. The minimum Gasteiger partial charge on any atom is -0.383 e. The summed E-state index contributed by atoms with van der Waals surface area (Å²) in [6.45, 7) is 6.83. The first kappa shape index (κ1) is 15.4. The van der Waals surface area contributed by atoms with Gasteiger partial charge in [-0.2, -0.15) is 0 Å². The lowest BCUT2D eigenvalue weighted by Gasteiger charge is -2.33. The van der Waals surface area contributed by atoms with Gasteiger partial charge in [-0.3, -0.25) is 4.79 Å². The molecule has 0 bridgehead atoms. The fraction of sp³-hybridized carbons (Fsp3) is 0.923. The van der Waals surface area contributed by atoms with Crippen LogP contribution >= 0.6 is 0 Å². The van der Waals surface area contributed by atoms with Gasteiger partial charge in [-0.25, -0.2) is 0 Å². The molecule has 0 radical (unpaired) electrons. The minimum atomic E-state index is -0.539. The number of hydrogen-bond donors (Lipinski definition) is 1. The highest BCUT2D eigenvalue weighted by atomic mass is 16.5. The highest BCUT2D eigenvalue weighted by molar-refractivity contribution is 5.81. The SMILES string of the molecule is COCC(N)C(=O)N1CCC(OCC(C)C)CC1. The number of hydrogen-bond acceptors (Lipinski definition) is 4. The molecule has 1 rings (SSSR count). The van der Waals surface area contributed by atoms with E-state index in [0.29, 0.717) is 5.92 Å². The van der Waals surface area contributed by atoms with Crippen molar-refractivity contribution < 1.29 is 14.3 Å². The van der Waals surface area contributed by atoms with Gasteiger partial charge in [0.1, 0.15) is 6.04 Å². The molecule has 2 N–H and O–H groups in total. The van der Waals surface area contributed by atoms with E-state index in [9.17, 15) is 4.79 Å². The quantitative estimate of drug-likeness (QED) is 0.758. The Bertz CT molecular complexity index is 251. The minimum absolute atomic E-state index is 0.0147. The molecule has 0 aromatic rings. The van der Waals surface area contributed by atoms with Crippen LogP contribution in [0.15, 0.2) is 0 Å². The van der Waals surface area contributed by atoms with Crippen LogP contribution in [0.4, 0.5) is 0 Å². The van der Waals surface area contributed by atoms with Crippen LogP contribution in [0, 0.1) is 5.92 Å². The lowest BCUT2D eigenvalue weighted by molar-refractivity contribution is -0.136. The number of nitrogens with two attached hydrogens (primary N) is 1. The summed E-state index contributed by atoms with van der Waals surface area (Å²) < 4.78 is 10.7. The second kappa shape index (κ2) is 7.71. The van der Waals surface area contributed by atoms with Crippen molar-refractivity contribution >= 4 is 5.91 Å². The Hall–Kier alpha value is -0.650. The molecule has 1 saturated heterocycles. The topological polar surface area (TPSA) is 64.8 Å². The Morgan fingerprint density at radius 3 is 2.44 bits per heavy atom. The van der Waals surface area contributed by atoms with Crippen molar-refractivity contribution in [3.8, 4) is 0 Å². The molecule has 5 heteroatoms. The van der Waals surface area contributed by atoms with Crippen molar-refractivity contribution in [3.05, 3.63) is 0 Å². The van der Waals surface area contributed by atoms with Gasteiger partial charge in [-0.05, 0) is 18.8 Å².